The highest BCUT2D eigenvalue weighted by Crippen LogP contribution is 2.12. The van der Waals surface area contributed by atoms with E-state index in [0.717, 1.165) is 15.4 Å². The van der Waals surface area contributed by atoms with Crippen molar-refractivity contribution in [3.63, 3.8) is 0 Å². The molecule has 1 nitrogen and oxygen atoms in total. The van der Waals surface area contributed by atoms with Crippen molar-refractivity contribution in [3.05, 3.63) is 24.0 Å². The molecule has 0 spiro atoms. The molecule has 0 aliphatic rings. The van der Waals surface area contributed by atoms with Crippen LogP contribution in [0.15, 0.2) is 18.2 Å². The lowest BCUT2D eigenvalue weighted by Crippen LogP contribution is -2.02. The van der Waals surface area contributed by atoms with Gasteiger partial charge in [-0.1, -0.05) is 11.3 Å². The Balaban J connectivity index is 3.07. The van der Waals surface area contributed by atoms with Crippen molar-refractivity contribution >= 4 is 15.4 Å². The van der Waals surface area contributed by atoms with Crippen LogP contribution in [0.1, 0.15) is 0 Å². The molecule has 0 unspecified atom stereocenters. The first kappa shape index (κ1) is 7.28. The minimum atomic E-state index is -0.269. The minimum Gasteiger partial charge on any atom is -0.494 e. The van der Waals surface area contributed by atoms with Crippen LogP contribution in [0.4, 0.5) is 4.39 Å². The molecule has 1 rings (SSSR count). The highest BCUT2D eigenvalue weighted by atomic mass is 28.1. The second-order valence-corrected chi connectivity index (χ2v) is 3.29. The van der Waals surface area contributed by atoms with Gasteiger partial charge in [0, 0.05) is 10.2 Å². The average molecular weight is 156 g/mol. The van der Waals surface area contributed by atoms with Gasteiger partial charge in [-0.05, 0) is 12.1 Å². The number of hydrogen-bond donors (Lipinski definition) is 0. The summed E-state index contributed by atoms with van der Waals surface area (Å²) in [6.45, 7) is 0. The zero-order valence-corrected chi connectivity index (χ0v) is 8.02. The monoisotopic (exact) mass is 156 g/mol. The van der Waals surface area contributed by atoms with Crippen molar-refractivity contribution in [1.29, 1.82) is 0 Å². The van der Waals surface area contributed by atoms with E-state index >= 15 is 0 Å². The van der Waals surface area contributed by atoms with Crippen LogP contribution in [0.2, 0.25) is 0 Å². The molecule has 0 aliphatic carbocycles. The van der Waals surface area contributed by atoms with Gasteiger partial charge in [0.25, 0.3) is 0 Å². The maximum Gasteiger partial charge on any atom is 0.164 e. The number of ether oxygens (including phenoxy) is 1. The minimum absolute atomic E-state index is 0.269. The molecule has 0 amide bonds. The lowest BCUT2D eigenvalue weighted by atomic mass is 10.3. The first-order chi connectivity index (χ1) is 4.74. The van der Waals surface area contributed by atoms with Crippen LogP contribution in [0.5, 0.6) is 5.75 Å². The fraction of sp³-hybridized carbons (Fsp3) is 0.143. The van der Waals surface area contributed by atoms with Gasteiger partial charge in [-0.3, -0.25) is 0 Å². The van der Waals surface area contributed by atoms with Crippen LogP contribution in [0.25, 0.3) is 0 Å². The van der Waals surface area contributed by atoms with Crippen LogP contribution in [-0.2, 0) is 0 Å². The Bertz CT molecular complexity index is 237. The van der Waals surface area contributed by atoms with E-state index in [-0.39, 0.29) is 5.82 Å². The van der Waals surface area contributed by atoms with Gasteiger partial charge < -0.3 is 4.74 Å². The third-order valence-electron chi connectivity index (χ3n) is 1.31. The summed E-state index contributed by atoms with van der Waals surface area (Å²) < 4.78 is 17.5. The lowest BCUT2D eigenvalue weighted by Gasteiger charge is -2.00. The predicted octanol–water partition coefficient (Wildman–Crippen LogP) is -0.175. The molecule has 0 saturated carbocycles. The zero-order valence-electron chi connectivity index (χ0n) is 6.02. The van der Waals surface area contributed by atoms with Crippen LogP contribution in [0, 0.1) is 5.82 Å². The Morgan fingerprint density at radius 3 is 2.70 bits per heavy atom. The molecule has 0 aliphatic heterocycles. The molecule has 0 radical (unpaired) electrons. The number of halogens is 1. The first-order valence-electron chi connectivity index (χ1n) is 3.04. The Morgan fingerprint density at radius 2 is 2.20 bits per heavy atom. The smallest absolute Gasteiger partial charge is 0.164 e. The quantitative estimate of drug-likeness (QED) is 0.513. The summed E-state index contributed by atoms with van der Waals surface area (Å²) in [5, 5.41) is 1.04. The van der Waals surface area contributed by atoms with Gasteiger partial charge in [-0.25, -0.2) is 4.39 Å². The molecule has 0 N–H and O–H groups in total. The topological polar surface area (TPSA) is 9.23 Å². The van der Waals surface area contributed by atoms with E-state index in [1.165, 1.54) is 13.2 Å². The number of methoxy groups -OCH3 is 1. The maximum atomic E-state index is 12.7. The molecule has 10 heavy (non-hydrogen) atoms. The lowest BCUT2D eigenvalue weighted by molar-refractivity contribution is 0.387. The molecular weight excluding hydrogens is 147 g/mol. The molecule has 0 fully saturated rings. The van der Waals surface area contributed by atoms with Crippen LogP contribution >= 0.6 is 0 Å². The fourth-order valence-corrected chi connectivity index (χ4v) is 1.19. The second-order valence-electron chi connectivity index (χ2n) is 2.14. The van der Waals surface area contributed by atoms with Gasteiger partial charge in [-0.15, -0.1) is 0 Å². The summed E-state index contributed by atoms with van der Waals surface area (Å²) >= 11 is 0. The second kappa shape index (κ2) is 2.83. The summed E-state index contributed by atoms with van der Waals surface area (Å²) in [5.74, 6) is 0.0506. The molecule has 3 heteroatoms. The van der Waals surface area contributed by atoms with Gasteiger partial charge in [0.1, 0.15) is 0 Å². The highest BCUT2D eigenvalue weighted by molar-refractivity contribution is 6.32. The molecule has 1 aromatic rings. The van der Waals surface area contributed by atoms with E-state index in [1.807, 2.05) is 6.07 Å². The van der Waals surface area contributed by atoms with Crippen molar-refractivity contribution in [2.75, 3.05) is 7.11 Å². The Hall–Kier alpha value is -0.833. The summed E-state index contributed by atoms with van der Waals surface area (Å²) in [6.07, 6.45) is 0. The molecule has 0 saturated heterocycles. The standard InChI is InChI=1S/C7H9FOSi/c1-9-7-3-2-5(10)4-6(7)8/h2-4H,1,10H3. The Morgan fingerprint density at radius 1 is 1.50 bits per heavy atom. The number of rotatable bonds is 1. The Kier molecular flexibility index (Phi) is 2.06. The van der Waals surface area contributed by atoms with Crippen molar-refractivity contribution in [3.8, 4) is 5.75 Å². The van der Waals surface area contributed by atoms with Gasteiger partial charge >= 0.3 is 0 Å². The van der Waals surface area contributed by atoms with Crippen molar-refractivity contribution in [1.82, 2.24) is 0 Å². The van der Waals surface area contributed by atoms with E-state index in [9.17, 15) is 4.39 Å². The average Bonchev–Trinajstić information content (AvgIpc) is 1.88. The van der Waals surface area contributed by atoms with Gasteiger partial charge in [0.2, 0.25) is 0 Å². The van der Waals surface area contributed by atoms with E-state index in [2.05, 4.69) is 0 Å². The normalized spacial score (nSPS) is 9.80. The maximum absolute atomic E-state index is 12.7. The van der Waals surface area contributed by atoms with Crippen LogP contribution in [-0.4, -0.2) is 17.4 Å². The largest absolute Gasteiger partial charge is 0.494 e. The van der Waals surface area contributed by atoms with E-state index in [0.29, 0.717) is 5.75 Å². The van der Waals surface area contributed by atoms with Crippen LogP contribution in [0.3, 0.4) is 0 Å². The summed E-state index contributed by atoms with van der Waals surface area (Å²) in [5.41, 5.74) is 0. The van der Waals surface area contributed by atoms with E-state index in [1.54, 1.807) is 6.07 Å². The summed E-state index contributed by atoms with van der Waals surface area (Å²) in [7, 11) is 2.34. The Labute approximate surface area is 62.2 Å². The third kappa shape index (κ3) is 1.36. The zero-order chi connectivity index (χ0) is 7.56. The molecule has 0 atom stereocenters. The van der Waals surface area contributed by atoms with Crippen molar-refractivity contribution in [2.45, 2.75) is 0 Å². The summed E-state index contributed by atoms with van der Waals surface area (Å²) in [6, 6.07) is 5.02. The van der Waals surface area contributed by atoms with Crippen molar-refractivity contribution in [2.24, 2.45) is 0 Å². The van der Waals surface area contributed by atoms with Gasteiger partial charge in [-0.2, -0.15) is 0 Å². The fourth-order valence-electron chi connectivity index (χ4n) is 0.771. The molecule has 0 aromatic heterocycles. The van der Waals surface area contributed by atoms with Gasteiger partial charge in [0.05, 0.1) is 7.11 Å². The van der Waals surface area contributed by atoms with E-state index < -0.39 is 0 Å². The predicted molar refractivity (Wildman–Crippen MR) is 42.5 cm³/mol. The SMILES string of the molecule is COc1ccc([SiH3])cc1F. The van der Waals surface area contributed by atoms with E-state index in [4.69, 9.17) is 4.74 Å². The molecular formula is C7H9FOSi. The van der Waals surface area contributed by atoms with Crippen LogP contribution < -0.4 is 9.92 Å². The molecule has 1 aromatic carbocycles. The molecule has 0 bridgehead atoms. The number of benzene rings is 1. The molecule has 54 valence electrons. The first-order valence-corrected chi connectivity index (χ1v) is 4.04. The highest BCUT2D eigenvalue weighted by Gasteiger charge is 1.98. The van der Waals surface area contributed by atoms with Gasteiger partial charge in [0.15, 0.2) is 11.6 Å². The molecule has 0 heterocycles. The number of hydrogen-bond acceptors (Lipinski definition) is 1. The van der Waals surface area contributed by atoms with Crippen molar-refractivity contribution < 1.29 is 9.13 Å². The summed E-state index contributed by atoms with van der Waals surface area (Å²) in [4.78, 5) is 0. The third-order valence-corrected chi connectivity index (χ3v) is 1.93.